The van der Waals surface area contributed by atoms with Crippen LogP contribution >= 0.6 is 0 Å². The summed E-state index contributed by atoms with van der Waals surface area (Å²) in [6, 6.07) is 5.21. The van der Waals surface area contributed by atoms with E-state index in [4.69, 9.17) is 4.43 Å². The molecule has 0 atom stereocenters. The first-order chi connectivity index (χ1) is 10.1. The minimum Gasteiger partial charge on any atom is -0.434 e. The molecule has 1 rings (SSSR count). The molecule has 2 nitrogen and oxygen atoms in total. The van der Waals surface area contributed by atoms with Gasteiger partial charge in [0.1, 0.15) is 5.75 Å². The molecule has 0 saturated carbocycles. The zero-order chi connectivity index (χ0) is 17.0. The number of hydrogen-bond donors (Lipinski definition) is 0. The molecule has 0 unspecified atom stereocenters. The van der Waals surface area contributed by atoms with Crippen molar-refractivity contribution in [1.82, 2.24) is 0 Å². The first kappa shape index (κ1) is 18.8. The minimum atomic E-state index is -2.84. The van der Waals surface area contributed by atoms with Crippen LogP contribution in [0.4, 0.5) is 8.78 Å². The van der Waals surface area contributed by atoms with Gasteiger partial charge in [0.15, 0.2) is 8.32 Å². The molecule has 0 aliphatic carbocycles. The predicted octanol–water partition coefficient (Wildman–Crippen LogP) is 5.54. The van der Waals surface area contributed by atoms with Crippen LogP contribution in [-0.4, -0.2) is 14.9 Å². The van der Waals surface area contributed by atoms with Gasteiger partial charge in [0.05, 0.1) is 6.61 Å². The van der Waals surface area contributed by atoms with E-state index < -0.39 is 14.9 Å². The van der Waals surface area contributed by atoms with Crippen LogP contribution in [0.2, 0.25) is 18.1 Å². The summed E-state index contributed by atoms with van der Waals surface area (Å²) in [5.41, 5.74) is 1.66. The fourth-order valence-electron chi connectivity index (χ4n) is 1.72. The van der Waals surface area contributed by atoms with E-state index in [9.17, 15) is 8.78 Å². The van der Waals surface area contributed by atoms with Gasteiger partial charge in [-0.15, -0.1) is 6.58 Å². The number of ether oxygens (including phenoxy) is 1. The second kappa shape index (κ2) is 7.37. The molecule has 0 fully saturated rings. The molecule has 124 valence electrons. The second-order valence-corrected chi connectivity index (χ2v) is 11.7. The van der Waals surface area contributed by atoms with E-state index >= 15 is 0 Å². The summed E-state index contributed by atoms with van der Waals surface area (Å²) < 4.78 is 35.8. The van der Waals surface area contributed by atoms with Crippen molar-refractivity contribution < 1.29 is 17.9 Å². The smallest absolute Gasteiger partial charge is 0.387 e. The van der Waals surface area contributed by atoms with Crippen molar-refractivity contribution >= 4 is 8.32 Å². The lowest BCUT2D eigenvalue weighted by Gasteiger charge is -2.36. The highest BCUT2D eigenvalue weighted by Crippen LogP contribution is 2.37. The summed E-state index contributed by atoms with van der Waals surface area (Å²) in [7, 11) is -1.95. The zero-order valence-corrected chi connectivity index (χ0v) is 15.1. The molecule has 0 heterocycles. The van der Waals surface area contributed by atoms with Crippen molar-refractivity contribution in [3.63, 3.8) is 0 Å². The highest BCUT2D eigenvalue weighted by atomic mass is 28.4. The normalized spacial score (nSPS) is 12.5. The Morgan fingerprint density at radius 3 is 2.41 bits per heavy atom. The number of hydrogen-bond acceptors (Lipinski definition) is 2. The van der Waals surface area contributed by atoms with Gasteiger partial charge >= 0.3 is 6.61 Å². The SMILES string of the molecule is C=CCc1ccc(OC(F)F)c(CO[Si](C)(C)C(C)(C)C)c1. The van der Waals surface area contributed by atoms with Crippen molar-refractivity contribution in [1.29, 1.82) is 0 Å². The molecule has 1 aromatic carbocycles. The number of allylic oxidation sites excluding steroid dienone is 1. The Labute approximate surface area is 133 Å². The Bertz CT molecular complexity index is 508. The van der Waals surface area contributed by atoms with Gasteiger partial charge in [0.25, 0.3) is 0 Å². The molecule has 0 radical (unpaired) electrons. The fourth-order valence-corrected chi connectivity index (χ4v) is 2.67. The Hall–Kier alpha value is -1.20. The molecular formula is C17H26F2O2Si. The molecule has 0 aliphatic rings. The second-order valence-electron chi connectivity index (χ2n) is 6.86. The molecule has 0 aliphatic heterocycles. The van der Waals surface area contributed by atoms with Crippen LogP contribution in [0.15, 0.2) is 30.9 Å². The highest BCUT2D eigenvalue weighted by molar-refractivity contribution is 6.74. The van der Waals surface area contributed by atoms with Crippen molar-refractivity contribution in [3.8, 4) is 5.75 Å². The van der Waals surface area contributed by atoms with E-state index in [1.54, 1.807) is 18.2 Å². The fraction of sp³-hybridized carbons (Fsp3) is 0.529. The van der Waals surface area contributed by atoms with E-state index in [0.29, 0.717) is 12.0 Å². The van der Waals surface area contributed by atoms with E-state index in [1.807, 2.05) is 6.07 Å². The third-order valence-corrected chi connectivity index (χ3v) is 8.59. The van der Waals surface area contributed by atoms with Crippen molar-refractivity contribution in [3.05, 3.63) is 42.0 Å². The average molecular weight is 328 g/mol. The summed E-state index contributed by atoms with van der Waals surface area (Å²) in [5, 5.41) is 0.0649. The van der Waals surface area contributed by atoms with E-state index in [-0.39, 0.29) is 17.4 Å². The first-order valence-electron chi connectivity index (χ1n) is 7.38. The molecule has 0 spiro atoms. The molecule has 0 bridgehead atoms. The number of rotatable bonds is 7. The van der Waals surface area contributed by atoms with Crippen LogP contribution in [0.5, 0.6) is 5.75 Å². The third kappa shape index (κ3) is 5.21. The van der Waals surface area contributed by atoms with Crippen molar-refractivity contribution in [2.45, 2.75) is 58.5 Å². The van der Waals surface area contributed by atoms with Gasteiger partial charge in [-0.05, 0) is 42.2 Å². The Balaban J connectivity index is 2.98. The molecule has 0 aromatic heterocycles. The summed E-state index contributed by atoms with van der Waals surface area (Å²) in [5.74, 6) is 0.182. The van der Waals surface area contributed by atoms with Gasteiger partial charge in [-0.3, -0.25) is 0 Å². The molecule has 0 amide bonds. The third-order valence-electron chi connectivity index (χ3n) is 4.12. The number of benzene rings is 1. The van der Waals surface area contributed by atoms with Gasteiger partial charge in [-0.25, -0.2) is 0 Å². The largest absolute Gasteiger partial charge is 0.434 e. The maximum Gasteiger partial charge on any atom is 0.387 e. The standard InChI is InChI=1S/C17H26F2O2Si/c1-7-8-13-9-10-15(21-16(18)19)14(11-13)12-20-22(5,6)17(2,3)4/h7,9-11,16H,1,8,12H2,2-6H3. The lowest BCUT2D eigenvalue weighted by molar-refractivity contribution is -0.0509. The summed E-state index contributed by atoms with van der Waals surface area (Å²) >= 11 is 0. The molecule has 0 saturated heterocycles. The maximum atomic E-state index is 12.5. The van der Waals surface area contributed by atoms with Crippen LogP contribution < -0.4 is 4.74 Å². The van der Waals surface area contributed by atoms with Gasteiger partial charge in [-0.2, -0.15) is 8.78 Å². The van der Waals surface area contributed by atoms with Crippen LogP contribution in [0.3, 0.4) is 0 Å². The lowest BCUT2D eigenvalue weighted by Crippen LogP contribution is -2.40. The van der Waals surface area contributed by atoms with Crippen molar-refractivity contribution in [2.24, 2.45) is 0 Å². The van der Waals surface area contributed by atoms with Gasteiger partial charge in [0, 0.05) is 5.56 Å². The summed E-state index contributed by atoms with van der Waals surface area (Å²) in [4.78, 5) is 0. The number of halogens is 2. The van der Waals surface area contributed by atoms with Gasteiger partial charge in [0.2, 0.25) is 0 Å². The van der Waals surface area contributed by atoms with E-state index in [2.05, 4.69) is 45.2 Å². The minimum absolute atomic E-state index is 0.0649. The predicted molar refractivity (Wildman–Crippen MR) is 89.0 cm³/mol. The van der Waals surface area contributed by atoms with Crippen LogP contribution in [-0.2, 0) is 17.5 Å². The monoisotopic (exact) mass is 328 g/mol. The van der Waals surface area contributed by atoms with Crippen LogP contribution in [0.25, 0.3) is 0 Å². The Kier molecular flexibility index (Phi) is 6.32. The lowest BCUT2D eigenvalue weighted by atomic mass is 10.1. The van der Waals surface area contributed by atoms with E-state index in [0.717, 1.165) is 5.56 Å². The Morgan fingerprint density at radius 2 is 1.91 bits per heavy atom. The highest BCUT2D eigenvalue weighted by Gasteiger charge is 2.37. The average Bonchev–Trinajstić information content (AvgIpc) is 2.37. The molecule has 5 heteroatoms. The molecular weight excluding hydrogens is 302 g/mol. The number of alkyl halides is 2. The van der Waals surface area contributed by atoms with Gasteiger partial charge < -0.3 is 9.16 Å². The zero-order valence-electron chi connectivity index (χ0n) is 14.1. The van der Waals surface area contributed by atoms with Crippen LogP contribution in [0, 0.1) is 0 Å². The molecule has 22 heavy (non-hydrogen) atoms. The maximum absolute atomic E-state index is 12.5. The molecule has 0 N–H and O–H groups in total. The van der Waals surface area contributed by atoms with Crippen LogP contribution in [0.1, 0.15) is 31.9 Å². The van der Waals surface area contributed by atoms with E-state index in [1.165, 1.54) is 0 Å². The first-order valence-corrected chi connectivity index (χ1v) is 10.3. The quantitative estimate of drug-likeness (QED) is 0.483. The van der Waals surface area contributed by atoms with Gasteiger partial charge in [-0.1, -0.05) is 32.9 Å². The van der Waals surface area contributed by atoms with Crippen molar-refractivity contribution in [2.75, 3.05) is 0 Å². The molecule has 1 aromatic rings. The summed E-state index contributed by atoms with van der Waals surface area (Å²) in [6.45, 7) is 11.8. The Morgan fingerprint density at radius 1 is 1.27 bits per heavy atom. The summed E-state index contributed by atoms with van der Waals surface area (Å²) in [6.07, 6.45) is 2.46. The topological polar surface area (TPSA) is 18.5 Å².